The average molecular weight is 254 g/mol. The van der Waals surface area contributed by atoms with E-state index in [1.54, 1.807) is 6.33 Å². The highest BCUT2D eigenvalue weighted by Crippen LogP contribution is 2.24. The molecule has 1 heterocycles. The number of aromatic nitrogens is 2. The summed E-state index contributed by atoms with van der Waals surface area (Å²) in [5, 5.41) is 3.67. The van der Waals surface area contributed by atoms with E-state index < -0.39 is 0 Å². The second-order valence-electron chi connectivity index (χ2n) is 4.58. The largest absolute Gasteiger partial charge is 0.370 e. The van der Waals surface area contributed by atoms with Gasteiger partial charge in [-0.25, -0.2) is 9.97 Å². The molecule has 1 aromatic heterocycles. The Kier molecular flexibility index (Phi) is 4.60. The quantitative estimate of drug-likeness (QED) is 0.819. The van der Waals surface area contributed by atoms with Crippen LogP contribution >= 0.6 is 11.6 Å². The molecule has 1 aliphatic carbocycles. The van der Waals surface area contributed by atoms with Crippen LogP contribution in [0.25, 0.3) is 0 Å². The van der Waals surface area contributed by atoms with Crippen molar-refractivity contribution >= 4 is 17.4 Å². The van der Waals surface area contributed by atoms with Crippen LogP contribution in [0, 0.1) is 0 Å². The van der Waals surface area contributed by atoms with Gasteiger partial charge < -0.3 is 5.32 Å². The maximum Gasteiger partial charge on any atom is 0.132 e. The van der Waals surface area contributed by atoms with Crippen LogP contribution in [0.2, 0.25) is 0 Å². The van der Waals surface area contributed by atoms with Crippen LogP contribution in [-0.2, 0) is 12.8 Å². The molecule has 0 saturated heterocycles. The third kappa shape index (κ3) is 3.32. The van der Waals surface area contributed by atoms with Crippen LogP contribution in [0.5, 0.6) is 0 Å². The van der Waals surface area contributed by atoms with E-state index in [0.717, 1.165) is 38.0 Å². The van der Waals surface area contributed by atoms with Crippen LogP contribution in [-0.4, -0.2) is 21.9 Å². The molecular formula is C13H20ClN3. The Morgan fingerprint density at radius 3 is 3.00 bits per heavy atom. The molecule has 1 aliphatic rings. The summed E-state index contributed by atoms with van der Waals surface area (Å²) in [5.74, 6) is 1.02. The lowest BCUT2D eigenvalue weighted by Crippen LogP contribution is -2.14. The topological polar surface area (TPSA) is 37.8 Å². The van der Waals surface area contributed by atoms with Crippen molar-refractivity contribution in [1.82, 2.24) is 9.97 Å². The molecule has 0 aromatic carbocycles. The maximum absolute atomic E-state index is 6.10. The first kappa shape index (κ1) is 12.6. The molecule has 0 fully saturated rings. The first-order chi connectivity index (χ1) is 8.31. The number of alkyl halides is 1. The number of anilines is 1. The van der Waals surface area contributed by atoms with E-state index in [4.69, 9.17) is 11.6 Å². The van der Waals surface area contributed by atoms with Crippen molar-refractivity contribution in [3.63, 3.8) is 0 Å². The molecule has 17 heavy (non-hydrogen) atoms. The predicted octanol–water partition coefficient (Wildman–Crippen LogP) is 3.17. The van der Waals surface area contributed by atoms with Gasteiger partial charge in [-0.1, -0.05) is 6.92 Å². The number of fused-ring (bicyclic) bond motifs is 1. The van der Waals surface area contributed by atoms with Gasteiger partial charge in [0.15, 0.2) is 0 Å². The Labute approximate surface area is 108 Å². The number of rotatable bonds is 5. The standard InChI is InChI=1S/C13H20ClN3/c1-2-10(14)7-8-15-13-11-5-3-4-6-12(11)16-9-17-13/h9-10H,2-8H2,1H3,(H,15,16,17). The highest BCUT2D eigenvalue weighted by atomic mass is 35.5. The SMILES string of the molecule is CCC(Cl)CCNc1ncnc2c1CCCC2. The van der Waals surface area contributed by atoms with Crippen molar-refractivity contribution in [3.8, 4) is 0 Å². The molecule has 2 rings (SSSR count). The Hall–Kier alpha value is -0.830. The van der Waals surface area contributed by atoms with Gasteiger partial charge in [0.2, 0.25) is 0 Å². The second kappa shape index (κ2) is 6.20. The minimum Gasteiger partial charge on any atom is -0.370 e. The lowest BCUT2D eigenvalue weighted by molar-refractivity contribution is 0.662. The number of nitrogens with one attached hydrogen (secondary N) is 1. The molecule has 1 N–H and O–H groups in total. The van der Waals surface area contributed by atoms with Gasteiger partial charge in [0.1, 0.15) is 12.1 Å². The molecule has 94 valence electrons. The number of hydrogen-bond donors (Lipinski definition) is 1. The first-order valence-corrected chi connectivity index (χ1v) is 6.95. The molecule has 0 spiro atoms. The molecule has 1 atom stereocenters. The molecule has 4 heteroatoms. The lowest BCUT2D eigenvalue weighted by atomic mass is 9.96. The van der Waals surface area contributed by atoms with E-state index in [2.05, 4.69) is 22.2 Å². The summed E-state index contributed by atoms with van der Waals surface area (Å²) >= 11 is 6.10. The normalized spacial score (nSPS) is 16.4. The van der Waals surface area contributed by atoms with Gasteiger partial charge >= 0.3 is 0 Å². The summed E-state index contributed by atoms with van der Waals surface area (Å²) in [6, 6.07) is 0. The summed E-state index contributed by atoms with van der Waals surface area (Å²) in [4.78, 5) is 8.71. The van der Waals surface area contributed by atoms with E-state index in [1.807, 2.05) is 0 Å². The molecule has 0 saturated carbocycles. The fourth-order valence-corrected chi connectivity index (χ4v) is 2.33. The first-order valence-electron chi connectivity index (χ1n) is 6.52. The fourth-order valence-electron chi connectivity index (χ4n) is 2.22. The Morgan fingerprint density at radius 2 is 2.18 bits per heavy atom. The third-order valence-electron chi connectivity index (χ3n) is 3.32. The number of halogens is 1. The van der Waals surface area contributed by atoms with Crippen molar-refractivity contribution in [2.75, 3.05) is 11.9 Å². The average Bonchev–Trinajstić information content (AvgIpc) is 2.39. The molecule has 0 aliphatic heterocycles. The van der Waals surface area contributed by atoms with Gasteiger partial charge in [-0.05, 0) is 38.5 Å². The minimum atomic E-state index is 0.264. The Morgan fingerprint density at radius 1 is 1.35 bits per heavy atom. The van der Waals surface area contributed by atoms with Gasteiger partial charge in [0.25, 0.3) is 0 Å². The summed E-state index contributed by atoms with van der Waals surface area (Å²) < 4.78 is 0. The van der Waals surface area contributed by atoms with E-state index in [0.29, 0.717) is 0 Å². The van der Waals surface area contributed by atoms with Gasteiger partial charge in [0, 0.05) is 23.2 Å². The zero-order chi connectivity index (χ0) is 12.1. The summed E-state index contributed by atoms with van der Waals surface area (Å²) in [6.45, 7) is 3.01. The smallest absolute Gasteiger partial charge is 0.132 e. The molecule has 0 bridgehead atoms. The van der Waals surface area contributed by atoms with Crippen molar-refractivity contribution in [2.45, 2.75) is 50.8 Å². The lowest BCUT2D eigenvalue weighted by Gasteiger charge is -2.18. The summed E-state index contributed by atoms with van der Waals surface area (Å²) in [5.41, 5.74) is 2.55. The zero-order valence-electron chi connectivity index (χ0n) is 10.4. The van der Waals surface area contributed by atoms with Crippen molar-refractivity contribution in [2.24, 2.45) is 0 Å². The highest BCUT2D eigenvalue weighted by molar-refractivity contribution is 6.20. The van der Waals surface area contributed by atoms with Gasteiger partial charge in [-0.3, -0.25) is 0 Å². The monoisotopic (exact) mass is 253 g/mol. The van der Waals surface area contributed by atoms with Crippen LogP contribution in [0.1, 0.15) is 43.9 Å². The number of aryl methyl sites for hydroxylation is 1. The fraction of sp³-hybridized carbons (Fsp3) is 0.692. The highest BCUT2D eigenvalue weighted by Gasteiger charge is 2.15. The van der Waals surface area contributed by atoms with Gasteiger partial charge in [-0.15, -0.1) is 11.6 Å². The van der Waals surface area contributed by atoms with E-state index in [-0.39, 0.29) is 5.38 Å². The van der Waals surface area contributed by atoms with Gasteiger partial charge in [-0.2, -0.15) is 0 Å². The van der Waals surface area contributed by atoms with Crippen LogP contribution < -0.4 is 5.32 Å². The third-order valence-corrected chi connectivity index (χ3v) is 3.84. The Balaban J connectivity index is 1.96. The molecule has 1 aromatic rings. The van der Waals surface area contributed by atoms with Crippen molar-refractivity contribution in [1.29, 1.82) is 0 Å². The minimum absolute atomic E-state index is 0.264. The zero-order valence-corrected chi connectivity index (χ0v) is 11.1. The summed E-state index contributed by atoms with van der Waals surface area (Å²) in [6.07, 6.45) is 8.38. The molecule has 1 unspecified atom stereocenters. The van der Waals surface area contributed by atoms with E-state index in [9.17, 15) is 0 Å². The van der Waals surface area contributed by atoms with Crippen molar-refractivity contribution < 1.29 is 0 Å². The summed E-state index contributed by atoms with van der Waals surface area (Å²) in [7, 11) is 0. The molecular weight excluding hydrogens is 234 g/mol. The molecule has 3 nitrogen and oxygen atoms in total. The maximum atomic E-state index is 6.10. The predicted molar refractivity (Wildman–Crippen MR) is 71.7 cm³/mol. The van der Waals surface area contributed by atoms with Crippen LogP contribution in [0.4, 0.5) is 5.82 Å². The van der Waals surface area contributed by atoms with E-state index in [1.165, 1.54) is 24.1 Å². The number of nitrogens with zero attached hydrogens (tertiary/aromatic N) is 2. The second-order valence-corrected chi connectivity index (χ2v) is 5.19. The molecule has 0 amide bonds. The van der Waals surface area contributed by atoms with E-state index >= 15 is 0 Å². The van der Waals surface area contributed by atoms with Crippen LogP contribution in [0.3, 0.4) is 0 Å². The Bertz CT molecular complexity index is 368. The molecule has 0 radical (unpaired) electrons. The number of hydrogen-bond acceptors (Lipinski definition) is 3. The van der Waals surface area contributed by atoms with Crippen LogP contribution in [0.15, 0.2) is 6.33 Å². The van der Waals surface area contributed by atoms with Crippen molar-refractivity contribution in [3.05, 3.63) is 17.6 Å². The van der Waals surface area contributed by atoms with Gasteiger partial charge in [0.05, 0.1) is 0 Å².